The Hall–Kier alpha value is -3.99. The van der Waals surface area contributed by atoms with E-state index in [9.17, 15) is 24.0 Å². The molecule has 0 aliphatic rings. The van der Waals surface area contributed by atoms with Gasteiger partial charge in [0, 0.05) is 33.1 Å². The van der Waals surface area contributed by atoms with E-state index in [-0.39, 0.29) is 0 Å². The highest BCUT2D eigenvalue weighted by atomic mass is 32.2. The molecular formula is C30H34O9S. The summed E-state index contributed by atoms with van der Waals surface area (Å²) in [5.74, 6) is -0.894. The van der Waals surface area contributed by atoms with Crippen LogP contribution in [0.1, 0.15) is 38.8 Å². The van der Waals surface area contributed by atoms with Gasteiger partial charge in [-0.05, 0) is 64.1 Å². The van der Waals surface area contributed by atoms with Crippen molar-refractivity contribution in [2.75, 3.05) is 0 Å². The van der Waals surface area contributed by atoms with Crippen molar-refractivity contribution in [2.45, 2.75) is 62.3 Å². The standard InChI is InChI=1S/C30H34O9S/c1-7-11-21-17-23(13-15-25(21)36-29(19(5)31)38-27(33)9-3)40(35)24-14-16-26(22(18-24)12-8-2)37-30(20(6)32)39-28(34)10-4/h7-20,29-32H,3-4H2,1-2,5-6H3. The molecule has 0 saturated carbocycles. The Labute approximate surface area is 236 Å². The van der Waals surface area contributed by atoms with E-state index in [1.807, 2.05) is 0 Å². The van der Waals surface area contributed by atoms with Crippen LogP contribution in [0.25, 0.3) is 12.2 Å². The highest BCUT2D eigenvalue weighted by molar-refractivity contribution is 7.85. The fourth-order valence-corrected chi connectivity index (χ4v) is 4.39. The van der Waals surface area contributed by atoms with Gasteiger partial charge >= 0.3 is 11.9 Å². The molecule has 2 rings (SSSR count). The lowest BCUT2D eigenvalue weighted by atomic mass is 10.2. The Balaban J connectivity index is 2.41. The van der Waals surface area contributed by atoms with E-state index < -0.39 is 47.5 Å². The second-order valence-electron chi connectivity index (χ2n) is 8.40. The maximum Gasteiger partial charge on any atom is 0.333 e. The first-order chi connectivity index (χ1) is 19.0. The summed E-state index contributed by atoms with van der Waals surface area (Å²) in [6.45, 7) is 13.1. The molecule has 0 aromatic heterocycles. The molecule has 0 fully saturated rings. The Morgan fingerprint density at radius 3 is 1.45 bits per heavy atom. The Morgan fingerprint density at radius 1 is 0.775 bits per heavy atom. The molecule has 0 bridgehead atoms. The number of aliphatic hydroxyl groups excluding tert-OH is 2. The van der Waals surface area contributed by atoms with Crippen LogP contribution in [0, 0.1) is 0 Å². The predicted octanol–water partition coefficient (Wildman–Crippen LogP) is 4.55. The van der Waals surface area contributed by atoms with Gasteiger partial charge in [-0.3, -0.25) is 0 Å². The number of allylic oxidation sites excluding steroid dienone is 2. The van der Waals surface area contributed by atoms with Crippen LogP contribution < -0.4 is 9.47 Å². The number of benzene rings is 2. The quantitative estimate of drug-likeness (QED) is 0.191. The normalized spacial score (nSPS) is 15.1. The summed E-state index contributed by atoms with van der Waals surface area (Å²) in [5.41, 5.74) is 1.09. The highest BCUT2D eigenvalue weighted by Crippen LogP contribution is 2.30. The van der Waals surface area contributed by atoms with Gasteiger partial charge in [-0.25, -0.2) is 13.8 Å². The van der Waals surface area contributed by atoms with Crippen molar-refractivity contribution in [3.05, 3.63) is 85.0 Å². The molecule has 0 saturated heterocycles. The molecule has 4 unspecified atom stereocenters. The minimum atomic E-state index is -1.63. The van der Waals surface area contributed by atoms with E-state index in [1.165, 1.54) is 13.8 Å². The third-order valence-electron chi connectivity index (χ3n) is 5.16. The molecule has 2 aromatic rings. The molecule has 214 valence electrons. The van der Waals surface area contributed by atoms with Crippen molar-refractivity contribution >= 4 is 34.9 Å². The van der Waals surface area contributed by atoms with Gasteiger partial charge in [0.25, 0.3) is 12.6 Å². The van der Waals surface area contributed by atoms with Crippen molar-refractivity contribution in [3.63, 3.8) is 0 Å². The molecule has 2 aromatic carbocycles. The summed E-state index contributed by atoms with van der Waals surface area (Å²) < 4.78 is 35.2. The van der Waals surface area contributed by atoms with Crippen molar-refractivity contribution in [3.8, 4) is 11.5 Å². The molecule has 10 heteroatoms. The van der Waals surface area contributed by atoms with Crippen molar-refractivity contribution in [1.29, 1.82) is 0 Å². The van der Waals surface area contributed by atoms with Crippen molar-refractivity contribution in [2.24, 2.45) is 0 Å². The molecule has 0 heterocycles. The largest absolute Gasteiger partial charge is 0.451 e. The molecular weight excluding hydrogens is 536 g/mol. The molecule has 2 N–H and O–H groups in total. The van der Waals surface area contributed by atoms with E-state index in [2.05, 4.69) is 13.2 Å². The van der Waals surface area contributed by atoms with Gasteiger partial charge in [0.1, 0.15) is 23.7 Å². The number of hydrogen-bond donors (Lipinski definition) is 2. The SMILES string of the molecule is C=CC(=O)OC(Oc1ccc(S(=O)c2ccc(OC(OC(=O)C=C)C(C)O)c(C=CC)c2)cc1C=CC)C(C)O. The summed E-state index contributed by atoms with van der Waals surface area (Å²) in [5, 5.41) is 20.0. The molecule has 0 aliphatic heterocycles. The Kier molecular flexibility index (Phi) is 12.5. The predicted molar refractivity (Wildman–Crippen MR) is 152 cm³/mol. The number of rotatable bonds is 14. The summed E-state index contributed by atoms with van der Waals surface area (Å²) in [7, 11) is -1.63. The van der Waals surface area contributed by atoms with Crippen molar-refractivity contribution < 1.29 is 43.0 Å². The first kappa shape index (κ1) is 32.2. The minimum absolute atomic E-state index is 0.304. The van der Waals surface area contributed by atoms with Crippen LogP contribution in [0.4, 0.5) is 0 Å². The van der Waals surface area contributed by atoms with Crippen LogP contribution in [0.3, 0.4) is 0 Å². The molecule has 9 nitrogen and oxygen atoms in total. The van der Waals surface area contributed by atoms with Gasteiger partial charge in [0.2, 0.25) is 0 Å². The smallest absolute Gasteiger partial charge is 0.333 e. The van der Waals surface area contributed by atoms with Crippen LogP contribution in [0.5, 0.6) is 11.5 Å². The average Bonchev–Trinajstić information content (AvgIpc) is 2.93. The number of ether oxygens (including phenoxy) is 4. The molecule has 40 heavy (non-hydrogen) atoms. The molecule has 0 spiro atoms. The minimum Gasteiger partial charge on any atom is -0.451 e. The van der Waals surface area contributed by atoms with Crippen LogP contribution in [-0.4, -0.2) is 51.1 Å². The van der Waals surface area contributed by atoms with Crippen LogP contribution >= 0.6 is 0 Å². The first-order valence-corrected chi connectivity index (χ1v) is 13.5. The van der Waals surface area contributed by atoms with E-state index in [0.717, 1.165) is 12.2 Å². The first-order valence-electron chi connectivity index (χ1n) is 12.3. The van der Waals surface area contributed by atoms with E-state index in [4.69, 9.17) is 18.9 Å². The van der Waals surface area contributed by atoms with Gasteiger partial charge in [-0.2, -0.15) is 0 Å². The van der Waals surface area contributed by atoms with E-state index >= 15 is 0 Å². The second-order valence-corrected chi connectivity index (χ2v) is 9.88. The fraction of sp³-hybridized carbons (Fsp3) is 0.267. The monoisotopic (exact) mass is 570 g/mol. The van der Waals surface area contributed by atoms with Gasteiger partial charge in [-0.1, -0.05) is 37.5 Å². The van der Waals surface area contributed by atoms with Gasteiger partial charge < -0.3 is 29.2 Å². The average molecular weight is 571 g/mol. The lowest BCUT2D eigenvalue weighted by Gasteiger charge is -2.22. The molecule has 0 amide bonds. The summed E-state index contributed by atoms with van der Waals surface area (Å²) in [6.07, 6.45) is 4.10. The maximum absolute atomic E-state index is 13.6. The van der Waals surface area contributed by atoms with Crippen molar-refractivity contribution in [1.82, 2.24) is 0 Å². The van der Waals surface area contributed by atoms with E-state index in [1.54, 1.807) is 74.5 Å². The van der Waals surface area contributed by atoms with Crippen LogP contribution in [0.15, 0.2) is 83.7 Å². The van der Waals surface area contributed by atoms with Gasteiger partial charge in [0.15, 0.2) is 0 Å². The highest BCUT2D eigenvalue weighted by Gasteiger charge is 2.24. The Morgan fingerprint density at radius 2 is 1.15 bits per heavy atom. The molecule has 0 radical (unpaired) electrons. The summed E-state index contributed by atoms with van der Waals surface area (Å²) in [6, 6.07) is 9.68. The lowest BCUT2D eigenvalue weighted by Crippen LogP contribution is -2.34. The zero-order valence-corrected chi connectivity index (χ0v) is 23.6. The zero-order chi connectivity index (χ0) is 29.8. The van der Waals surface area contributed by atoms with Crippen LogP contribution in [-0.2, 0) is 29.9 Å². The fourth-order valence-electron chi connectivity index (χ4n) is 3.27. The molecule has 0 aliphatic carbocycles. The second kappa shape index (κ2) is 15.6. The number of esters is 2. The number of carbonyl (C=O) groups excluding carboxylic acids is 2. The third kappa shape index (κ3) is 9.04. The summed E-state index contributed by atoms with van der Waals surface area (Å²) in [4.78, 5) is 24.2. The Bertz CT molecular complexity index is 1200. The lowest BCUT2D eigenvalue weighted by molar-refractivity contribution is -0.172. The van der Waals surface area contributed by atoms with Gasteiger partial charge in [-0.15, -0.1) is 0 Å². The van der Waals surface area contributed by atoms with Crippen LogP contribution in [0.2, 0.25) is 0 Å². The number of aliphatic hydroxyl groups is 2. The number of carbonyl (C=O) groups is 2. The van der Waals surface area contributed by atoms with Gasteiger partial charge in [0.05, 0.1) is 10.8 Å². The number of hydrogen-bond acceptors (Lipinski definition) is 9. The zero-order valence-electron chi connectivity index (χ0n) is 22.8. The topological polar surface area (TPSA) is 129 Å². The van der Waals surface area contributed by atoms with E-state index in [0.29, 0.717) is 32.4 Å². The third-order valence-corrected chi connectivity index (χ3v) is 6.52. The summed E-state index contributed by atoms with van der Waals surface area (Å²) >= 11 is 0. The molecule has 4 atom stereocenters. The maximum atomic E-state index is 13.6.